The van der Waals surface area contributed by atoms with Gasteiger partial charge in [-0.2, -0.15) is 0 Å². The molecule has 2 aromatic carbocycles. The fourth-order valence-electron chi connectivity index (χ4n) is 3.06. The highest BCUT2D eigenvalue weighted by molar-refractivity contribution is 6.30. The molecule has 1 atom stereocenters. The first-order valence-corrected chi connectivity index (χ1v) is 10.3. The molecule has 0 aliphatic rings. The molecule has 6 heteroatoms. The second-order valence-electron chi connectivity index (χ2n) is 7.16. The van der Waals surface area contributed by atoms with Crippen molar-refractivity contribution in [2.45, 2.75) is 45.7 Å². The number of halogens is 1. The first-order chi connectivity index (χ1) is 13.9. The molecule has 29 heavy (non-hydrogen) atoms. The van der Waals surface area contributed by atoms with Crippen LogP contribution in [0.25, 0.3) is 0 Å². The molecule has 0 spiro atoms. The van der Waals surface area contributed by atoms with Crippen LogP contribution in [0.2, 0.25) is 5.02 Å². The van der Waals surface area contributed by atoms with E-state index < -0.39 is 6.04 Å². The maximum absolute atomic E-state index is 13.0. The van der Waals surface area contributed by atoms with Crippen LogP contribution in [-0.4, -0.2) is 41.9 Å². The molecule has 2 aromatic rings. The maximum atomic E-state index is 13.0. The quantitative estimate of drug-likeness (QED) is 0.634. The number of ether oxygens (including phenoxy) is 1. The summed E-state index contributed by atoms with van der Waals surface area (Å²) in [6.45, 7) is 6.00. The Morgan fingerprint density at radius 2 is 1.83 bits per heavy atom. The van der Waals surface area contributed by atoms with Crippen molar-refractivity contribution in [3.05, 3.63) is 65.2 Å². The standard InChI is InChI=1S/C23H29ClN2O3/c1-4-21(23(28)25-17(2)3)26(14-13-18-9-6-5-7-10-18)22(27)16-29-20-12-8-11-19(24)15-20/h5-12,15,17,21H,4,13-14,16H2,1-3H3,(H,25,28). The van der Waals surface area contributed by atoms with E-state index in [0.717, 1.165) is 5.56 Å². The first kappa shape index (κ1) is 22.8. The van der Waals surface area contributed by atoms with Gasteiger partial charge in [-0.05, 0) is 50.5 Å². The molecule has 0 fully saturated rings. The Hall–Kier alpha value is -2.53. The molecule has 2 rings (SSSR count). The third-order valence-corrected chi connectivity index (χ3v) is 4.69. The van der Waals surface area contributed by atoms with E-state index in [1.54, 1.807) is 29.2 Å². The number of benzene rings is 2. The van der Waals surface area contributed by atoms with Gasteiger partial charge < -0.3 is 15.0 Å². The smallest absolute Gasteiger partial charge is 0.261 e. The average molecular weight is 417 g/mol. The zero-order chi connectivity index (χ0) is 21.2. The topological polar surface area (TPSA) is 58.6 Å². The predicted molar refractivity (Wildman–Crippen MR) is 116 cm³/mol. The van der Waals surface area contributed by atoms with Crippen LogP contribution in [0.5, 0.6) is 5.75 Å². The highest BCUT2D eigenvalue weighted by Crippen LogP contribution is 2.17. The lowest BCUT2D eigenvalue weighted by Crippen LogP contribution is -2.52. The van der Waals surface area contributed by atoms with Gasteiger partial charge in [-0.15, -0.1) is 0 Å². The lowest BCUT2D eigenvalue weighted by atomic mass is 10.1. The molecule has 0 saturated heterocycles. The first-order valence-electron chi connectivity index (χ1n) is 9.92. The molecule has 5 nitrogen and oxygen atoms in total. The van der Waals surface area contributed by atoms with Crippen molar-refractivity contribution in [1.29, 1.82) is 0 Å². The van der Waals surface area contributed by atoms with Crippen molar-refractivity contribution in [2.75, 3.05) is 13.2 Å². The Bertz CT molecular complexity index is 796. The van der Waals surface area contributed by atoms with Crippen LogP contribution >= 0.6 is 11.6 Å². The highest BCUT2D eigenvalue weighted by Gasteiger charge is 2.28. The lowest BCUT2D eigenvalue weighted by Gasteiger charge is -2.31. The molecule has 1 N–H and O–H groups in total. The second-order valence-corrected chi connectivity index (χ2v) is 7.59. The van der Waals surface area contributed by atoms with E-state index in [-0.39, 0.29) is 24.5 Å². The van der Waals surface area contributed by atoms with Crippen LogP contribution in [0.1, 0.15) is 32.8 Å². The van der Waals surface area contributed by atoms with E-state index in [9.17, 15) is 9.59 Å². The van der Waals surface area contributed by atoms with Crippen molar-refractivity contribution in [3.8, 4) is 5.75 Å². The third kappa shape index (κ3) is 7.42. The van der Waals surface area contributed by atoms with E-state index in [0.29, 0.717) is 30.2 Å². The fraction of sp³-hybridized carbons (Fsp3) is 0.391. The van der Waals surface area contributed by atoms with Crippen molar-refractivity contribution in [2.24, 2.45) is 0 Å². The molecular formula is C23H29ClN2O3. The van der Waals surface area contributed by atoms with Crippen molar-refractivity contribution < 1.29 is 14.3 Å². The van der Waals surface area contributed by atoms with Gasteiger partial charge in [0.2, 0.25) is 5.91 Å². The monoisotopic (exact) mass is 416 g/mol. The van der Waals surface area contributed by atoms with E-state index in [1.807, 2.05) is 51.1 Å². The van der Waals surface area contributed by atoms with Crippen LogP contribution in [0, 0.1) is 0 Å². The normalized spacial score (nSPS) is 11.8. The lowest BCUT2D eigenvalue weighted by molar-refractivity contribution is -0.142. The Kier molecular flexibility index (Phi) is 9.00. The van der Waals surface area contributed by atoms with Crippen LogP contribution in [0.4, 0.5) is 0 Å². The number of nitrogens with zero attached hydrogens (tertiary/aromatic N) is 1. The van der Waals surface area contributed by atoms with Crippen LogP contribution in [0.3, 0.4) is 0 Å². The molecule has 0 aromatic heterocycles. The van der Waals surface area contributed by atoms with Crippen molar-refractivity contribution >= 4 is 23.4 Å². The summed E-state index contributed by atoms with van der Waals surface area (Å²) in [4.78, 5) is 27.3. The van der Waals surface area contributed by atoms with E-state index in [4.69, 9.17) is 16.3 Å². The average Bonchev–Trinajstić information content (AvgIpc) is 2.69. The number of carbonyl (C=O) groups is 2. The summed E-state index contributed by atoms with van der Waals surface area (Å²) in [6.07, 6.45) is 1.19. The summed E-state index contributed by atoms with van der Waals surface area (Å²) in [5.41, 5.74) is 1.11. The number of rotatable bonds is 10. The molecule has 0 aliphatic heterocycles. The van der Waals surface area contributed by atoms with E-state index >= 15 is 0 Å². The van der Waals surface area contributed by atoms with Gasteiger partial charge in [-0.3, -0.25) is 9.59 Å². The largest absolute Gasteiger partial charge is 0.484 e. The minimum absolute atomic E-state index is 0.00494. The highest BCUT2D eigenvalue weighted by atomic mass is 35.5. The molecule has 1 unspecified atom stereocenters. The Labute approximate surface area is 178 Å². The van der Waals surface area contributed by atoms with Crippen molar-refractivity contribution in [1.82, 2.24) is 10.2 Å². The van der Waals surface area contributed by atoms with Gasteiger partial charge in [-0.1, -0.05) is 54.9 Å². The number of hydrogen-bond acceptors (Lipinski definition) is 3. The summed E-state index contributed by atoms with van der Waals surface area (Å²) in [7, 11) is 0. The number of carbonyl (C=O) groups excluding carboxylic acids is 2. The summed E-state index contributed by atoms with van der Waals surface area (Å²) in [5.74, 6) is 0.145. The molecule has 0 heterocycles. The third-order valence-electron chi connectivity index (χ3n) is 4.46. The van der Waals surface area contributed by atoms with Gasteiger partial charge in [0, 0.05) is 17.6 Å². The Morgan fingerprint density at radius 3 is 2.45 bits per heavy atom. The molecule has 156 valence electrons. The zero-order valence-corrected chi connectivity index (χ0v) is 18.0. The number of hydrogen-bond donors (Lipinski definition) is 1. The molecule has 0 radical (unpaired) electrons. The Morgan fingerprint density at radius 1 is 1.10 bits per heavy atom. The Balaban J connectivity index is 2.12. The second kappa shape index (κ2) is 11.5. The molecule has 0 aliphatic carbocycles. The van der Waals surface area contributed by atoms with Gasteiger partial charge in [0.1, 0.15) is 11.8 Å². The summed E-state index contributed by atoms with van der Waals surface area (Å²) in [5, 5.41) is 3.46. The zero-order valence-electron chi connectivity index (χ0n) is 17.2. The number of amides is 2. The van der Waals surface area contributed by atoms with Crippen LogP contribution in [-0.2, 0) is 16.0 Å². The van der Waals surface area contributed by atoms with Gasteiger partial charge in [0.05, 0.1) is 0 Å². The molecule has 2 amide bonds. The minimum Gasteiger partial charge on any atom is -0.484 e. The molecular weight excluding hydrogens is 388 g/mol. The van der Waals surface area contributed by atoms with Gasteiger partial charge >= 0.3 is 0 Å². The van der Waals surface area contributed by atoms with Gasteiger partial charge in [-0.25, -0.2) is 0 Å². The minimum atomic E-state index is -0.545. The SMILES string of the molecule is CCC(C(=O)NC(C)C)N(CCc1ccccc1)C(=O)COc1cccc(Cl)c1. The number of nitrogens with one attached hydrogen (secondary N) is 1. The fourth-order valence-corrected chi connectivity index (χ4v) is 3.24. The van der Waals surface area contributed by atoms with E-state index in [1.165, 1.54) is 0 Å². The van der Waals surface area contributed by atoms with Gasteiger partial charge in [0.15, 0.2) is 6.61 Å². The summed E-state index contributed by atoms with van der Waals surface area (Å²) < 4.78 is 5.63. The van der Waals surface area contributed by atoms with E-state index in [2.05, 4.69) is 5.32 Å². The van der Waals surface area contributed by atoms with Crippen molar-refractivity contribution in [3.63, 3.8) is 0 Å². The maximum Gasteiger partial charge on any atom is 0.261 e. The molecule has 0 saturated carbocycles. The van der Waals surface area contributed by atoms with Gasteiger partial charge in [0.25, 0.3) is 5.91 Å². The molecule has 0 bridgehead atoms. The predicted octanol–water partition coefficient (Wildman–Crippen LogP) is 4.09. The summed E-state index contributed by atoms with van der Waals surface area (Å²) in [6, 6.07) is 16.3. The van der Waals surface area contributed by atoms with Crippen LogP contribution in [0.15, 0.2) is 54.6 Å². The summed E-state index contributed by atoms with van der Waals surface area (Å²) >= 11 is 5.97. The van der Waals surface area contributed by atoms with Crippen LogP contribution < -0.4 is 10.1 Å².